The first-order valence-corrected chi connectivity index (χ1v) is 8.03. The maximum Gasteiger partial charge on any atom is 0.339 e. The average Bonchev–Trinajstić information content (AvgIpc) is 2.67. The summed E-state index contributed by atoms with van der Waals surface area (Å²) in [6.45, 7) is 2.32. The summed E-state index contributed by atoms with van der Waals surface area (Å²) < 4.78 is 9.60. The Balaban J connectivity index is 1.93. The van der Waals surface area contributed by atoms with Crippen LogP contribution in [0.3, 0.4) is 0 Å². The van der Waals surface area contributed by atoms with Crippen LogP contribution in [0.25, 0.3) is 0 Å². The molecule has 0 heterocycles. The molecule has 2 rings (SSSR count). The van der Waals surface area contributed by atoms with Gasteiger partial charge in [0.15, 0.2) is 0 Å². The number of urea groups is 1. The molecule has 2 N–H and O–H groups in total. The molecule has 0 atom stereocenters. The summed E-state index contributed by atoms with van der Waals surface area (Å²) in [4.78, 5) is 35.4. The molecule has 0 aliphatic rings. The molecule has 0 saturated carbocycles. The average molecular weight is 356 g/mol. The molecule has 0 radical (unpaired) electrons. The minimum atomic E-state index is -0.532. The summed E-state index contributed by atoms with van der Waals surface area (Å²) in [5, 5.41) is 5.30. The van der Waals surface area contributed by atoms with Gasteiger partial charge in [-0.1, -0.05) is 24.3 Å². The Hall–Kier alpha value is -3.35. The number of hydrogen-bond donors (Lipinski definition) is 2. The molecule has 0 unspecified atom stereocenters. The summed E-state index contributed by atoms with van der Waals surface area (Å²) in [5.74, 6) is -0.917. The number of amides is 2. The number of ether oxygens (including phenoxy) is 2. The van der Waals surface area contributed by atoms with E-state index in [1.165, 1.54) is 7.11 Å². The van der Waals surface area contributed by atoms with Crippen LogP contribution in [0.15, 0.2) is 48.5 Å². The Kier molecular flexibility index (Phi) is 6.73. The highest BCUT2D eigenvalue weighted by Crippen LogP contribution is 2.16. The van der Waals surface area contributed by atoms with E-state index in [2.05, 4.69) is 15.4 Å². The predicted molar refractivity (Wildman–Crippen MR) is 96.0 cm³/mol. The molecule has 0 aliphatic carbocycles. The first-order valence-electron chi connectivity index (χ1n) is 8.03. The number of rotatable bonds is 6. The van der Waals surface area contributed by atoms with Crippen molar-refractivity contribution in [1.29, 1.82) is 0 Å². The first-order chi connectivity index (χ1) is 12.5. The highest BCUT2D eigenvalue weighted by Gasteiger charge is 2.13. The minimum absolute atomic E-state index is 0.259. The zero-order chi connectivity index (χ0) is 18.9. The van der Waals surface area contributed by atoms with Crippen molar-refractivity contribution in [3.63, 3.8) is 0 Å². The van der Waals surface area contributed by atoms with Crippen LogP contribution < -0.4 is 10.6 Å². The van der Waals surface area contributed by atoms with Crippen molar-refractivity contribution < 1.29 is 23.9 Å². The fourth-order valence-corrected chi connectivity index (χ4v) is 2.20. The number of para-hydroxylation sites is 1. The van der Waals surface area contributed by atoms with Gasteiger partial charge < -0.3 is 20.1 Å². The third-order valence-corrected chi connectivity index (χ3v) is 3.50. The van der Waals surface area contributed by atoms with Gasteiger partial charge in [-0.15, -0.1) is 0 Å². The molecular formula is C19H20N2O5. The molecule has 2 amide bonds. The van der Waals surface area contributed by atoms with Gasteiger partial charge >= 0.3 is 18.0 Å². The first kappa shape index (κ1) is 19.0. The quantitative estimate of drug-likeness (QED) is 0.776. The van der Waals surface area contributed by atoms with Crippen LogP contribution in [-0.4, -0.2) is 31.7 Å². The second-order valence-electron chi connectivity index (χ2n) is 5.26. The van der Waals surface area contributed by atoms with Crippen molar-refractivity contribution in [2.45, 2.75) is 13.5 Å². The van der Waals surface area contributed by atoms with E-state index in [9.17, 15) is 14.4 Å². The molecular weight excluding hydrogens is 336 g/mol. The molecule has 136 valence electrons. The molecule has 26 heavy (non-hydrogen) atoms. The Morgan fingerprint density at radius 1 is 0.962 bits per heavy atom. The molecule has 2 aromatic carbocycles. The van der Waals surface area contributed by atoms with Crippen molar-refractivity contribution >= 4 is 23.7 Å². The molecule has 7 nitrogen and oxygen atoms in total. The van der Waals surface area contributed by atoms with Crippen LogP contribution in [-0.2, 0) is 16.0 Å². The van der Waals surface area contributed by atoms with Gasteiger partial charge in [0.2, 0.25) is 0 Å². The van der Waals surface area contributed by atoms with Crippen LogP contribution >= 0.6 is 0 Å². The lowest BCUT2D eigenvalue weighted by Gasteiger charge is -2.11. The molecule has 0 aromatic heterocycles. The van der Waals surface area contributed by atoms with Crippen LogP contribution in [0.2, 0.25) is 0 Å². The topological polar surface area (TPSA) is 93.7 Å². The molecule has 0 spiro atoms. The number of anilines is 1. The largest absolute Gasteiger partial charge is 0.465 e. The number of methoxy groups -OCH3 is 1. The summed E-state index contributed by atoms with van der Waals surface area (Å²) in [6.07, 6.45) is 0. The van der Waals surface area contributed by atoms with E-state index < -0.39 is 12.0 Å². The zero-order valence-corrected chi connectivity index (χ0v) is 14.6. The van der Waals surface area contributed by atoms with E-state index in [0.717, 1.165) is 5.56 Å². The molecule has 2 aromatic rings. The van der Waals surface area contributed by atoms with Crippen molar-refractivity contribution in [2.75, 3.05) is 19.0 Å². The number of esters is 2. The predicted octanol–water partition coefficient (Wildman–Crippen LogP) is 2.97. The van der Waals surface area contributed by atoms with Crippen LogP contribution in [0, 0.1) is 0 Å². The zero-order valence-electron chi connectivity index (χ0n) is 14.6. The van der Waals surface area contributed by atoms with Crippen molar-refractivity contribution in [1.82, 2.24) is 5.32 Å². The fourth-order valence-electron chi connectivity index (χ4n) is 2.20. The Morgan fingerprint density at radius 3 is 2.31 bits per heavy atom. The maximum atomic E-state index is 12.1. The van der Waals surface area contributed by atoms with Gasteiger partial charge in [0.1, 0.15) is 0 Å². The van der Waals surface area contributed by atoms with Gasteiger partial charge in [-0.3, -0.25) is 0 Å². The van der Waals surface area contributed by atoms with E-state index in [1.54, 1.807) is 55.5 Å². The summed E-state index contributed by atoms with van der Waals surface area (Å²) in [5.41, 5.74) is 1.89. The van der Waals surface area contributed by atoms with Gasteiger partial charge in [0.05, 0.1) is 30.5 Å². The molecule has 7 heteroatoms. The molecule has 0 aliphatic heterocycles. The van der Waals surface area contributed by atoms with Crippen LogP contribution in [0.4, 0.5) is 10.5 Å². The van der Waals surface area contributed by atoms with Gasteiger partial charge in [0.25, 0.3) is 0 Å². The van der Waals surface area contributed by atoms with E-state index >= 15 is 0 Å². The normalized spacial score (nSPS) is 9.92. The highest BCUT2D eigenvalue weighted by atomic mass is 16.5. The number of hydrogen-bond acceptors (Lipinski definition) is 5. The standard InChI is InChI=1S/C19H20N2O5/c1-3-26-17(22)14-10-8-13(9-11-14)12-20-19(24)21-16-7-5-4-6-15(16)18(23)25-2/h4-11H,3,12H2,1-2H3,(H2,20,21,24). The lowest BCUT2D eigenvalue weighted by molar-refractivity contribution is 0.0525. The number of nitrogens with one attached hydrogen (secondary N) is 2. The van der Waals surface area contributed by atoms with Crippen molar-refractivity contribution in [3.05, 3.63) is 65.2 Å². The molecule has 0 saturated heterocycles. The van der Waals surface area contributed by atoms with E-state index in [-0.39, 0.29) is 18.1 Å². The monoisotopic (exact) mass is 356 g/mol. The minimum Gasteiger partial charge on any atom is -0.465 e. The summed E-state index contributed by atoms with van der Waals surface area (Å²) >= 11 is 0. The lowest BCUT2D eigenvalue weighted by Crippen LogP contribution is -2.29. The molecule has 0 bridgehead atoms. The number of carbonyl (C=O) groups is 3. The summed E-state index contributed by atoms with van der Waals surface area (Å²) in [6, 6.07) is 12.8. The van der Waals surface area contributed by atoms with Gasteiger partial charge in [-0.2, -0.15) is 0 Å². The third-order valence-electron chi connectivity index (χ3n) is 3.50. The van der Waals surface area contributed by atoms with Gasteiger partial charge in [-0.25, -0.2) is 14.4 Å². The number of benzene rings is 2. The Labute approximate surface area is 151 Å². The SMILES string of the molecule is CCOC(=O)c1ccc(CNC(=O)Nc2ccccc2C(=O)OC)cc1. The Morgan fingerprint density at radius 2 is 1.65 bits per heavy atom. The lowest BCUT2D eigenvalue weighted by atomic mass is 10.1. The van der Waals surface area contributed by atoms with Gasteiger partial charge in [0, 0.05) is 6.54 Å². The van der Waals surface area contributed by atoms with Crippen molar-refractivity contribution in [2.24, 2.45) is 0 Å². The fraction of sp³-hybridized carbons (Fsp3) is 0.211. The number of carbonyl (C=O) groups excluding carboxylic acids is 3. The highest BCUT2D eigenvalue weighted by molar-refractivity contribution is 6.00. The Bertz CT molecular complexity index is 787. The smallest absolute Gasteiger partial charge is 0.339 e. The van der Waals surface area contributed by atoms with E-state index in [0.29, 0.717) is 17.9 Å². The maximum absolute atomic E-state index is 12.1. The second kappa shape index (κ2) is 9.22. The van der Waals surface area contributed by atoms with E-state index in [1.807, 2.05) is 0 Å². The molecule has 0 fully saturated rings. The van der Waals surface area contributed by atoms with Crippen molar-refractivity contribution in [3.8, 4) is 0 Å². The van der Waals surface area contributed by atoms with Crippen LogP contribution in [0.5, 0.6) is 0 Å². The summed E-state index contributed by atoms with van der Waals surface area (Å²) in [7, 11) is 1.28. The third kappa shape index (κ3) is 5.07. The van der Waals surface area contributed by atoms with Gasteiger partial charge in [-0.05, 0) is 36.8 Å². The van der Waals surface area contributed by atoms with E-state index in [4.69, 9.17) is 4.74 Å². The second-order valence-corrected chi connectivity index (χ2v) is 5.26. The van der Waals surface area contributed by atoms with Crippen LogP contribution in [0.1, 0.15) is 33.2 Å².